The summed E-state index contributed by atoms with van der Waals surface area (Å²) in [5, 5.41) is 13.9. The summed E-state index contributed by atoms with van der Waals surface area (Å²) >= 11 is 3.20. The Morgan fingerprint density at radius 2 is 2.11 bits per heavy atom. The zero-order valence-electron chi connectivity index (χ0n) is 9.91. The fourth-order valence-corrected chi connectivity index (χ4v) is 1.98. The molecule has 4 nitrogen and oxygen atoms in total. The van der Waals surface area contributed by atoms with Crippen LogP contribution in [-0.4, -0.2) is 34.3 Å². The van der Waals surface area contributed by atoms with Crippen LogP contribution >= 0.6 is 15.9 Å². The topological polar surface area (TPSA) is 47.3 Å². The summed E-state index contributed by atoms with van der Waals surface area (Å²) in [7, 11) is 0. The third-order valence-corrected chi connectivity index (χ3v) is 2.74. The molecule has 0 amide bonds. The minimum Gasteiger partial charge on any atom is -0.384 e. The van der Waals surface area contributed by atoms with Gasteiger partial charge in [0.25, 0.3) is 0 Å². The number of hydrogen-bond donors (Lipinski definition) is 1. The lowest BCUT2D eigenvalue weighted by atomic mass is 10.2. The van der Waals surface area contributed by atoms with E-state index in [4.69, 9.17) is 0 Å². The summed E-state index contributed by atoms with van der Waals surface area (Å²) in [5.41, 5.74) is 0.409. The molecular formula is C10H14BrF3N2O2. The van der Waals surface area contributed by atoms with E-state index >= 15 is 0 Å². The quantitative estimate of drug-likeness (QED) is 0.903. The van der Waals surface area contributed by atoms with E-state index in [9.17, 15) is 18.3 Å². The number of aliphatic hydroxyl groups is 1. The molecule has 0 aliphatic heterocycles. The van der Waals surface area contributed by atoms with Crippen LogP contribution in [0.1, 0.15) is 31.7 Å². The second kappa shape index (κ2) is 6.03. The predicted molar refractivity (Wildman–Crippen MR) is 62.1 cm³/mol. The third kappa shape index (κ3) is 4.25. The number of rotatable bonds is 5. The summed E-state index contributed by atoms with van der Waals surface area (Å²) in [6, 6.07) is -0.0106. The highest BCUT2D eigenvalue weighted by atomic mass is 79.9. The van der Waals surface area contributed by atoms with E-state index in [1.807, 2.05) is 13.8 Å². The molecule has 8 heteroatoms. The van der Waals surface area contributed by atoms with Crippen molar-refractivity contribution >= 4 is 15.9 Å². The molecule has 0 radical (unpaired) electrons. The Morgan fingerprint density at radius 1 is 1.50 bits per heavy atom. The summed E-state index contributed by atoms with van der Waals surface area (Å²) in [6.07, 6.45) is -4.07. The first-order chi connectivity index (χ1) is 8.22. The zero-order valence-corrected chi connectivity index (χ0v) is 11.5. The Kier molecular flexibility index (Phi) is 5.18. The van der Waals surface area contributed by atoms with Gasteiger partial charge in [-0.1, -0.05) is 0 Å². The molecule has 18 heavy (non-hydrogen) atoms. The van der Waals surface area contributed by atoms with Gasteiger partial charge in [-0.2, -0.15) is 18.3 Å². The van der Waals surface area contributed by atoms with Gasteiger partial charge < -0.3 is 9.84 Å². The number of nitrogens with zero attached hydrogens (tertiary/aromatic N) is 2. The minimum atomic E-state index is -4.39. The Balaban J connectivity index is 2.66. The number of hydrogen-bond acceptors (Lipinski definition) is 3. The molecule has 1 unspecified atom stereocenters. The Morgan fingerprint density at radius 3 is 2.61 bits per heavy atom. The van der Waals surface area contributed by atoms with Crippen LogP contribution in [0.3, 0.4) is 0 Å². The second-order valence-electron chi connectivity index (χ2n) is 4.06. The molecule has 0 fully saturated rings. The lowest BCUT2D eigenvalue weighted by molar-refractivity contribution is -0.179. The van der Waals surface area contributed by atoms with Gasteiger partial charge in [-0.3, -0.25) is 4.68 Å². The van der Waals surface area contributed by atoms with Crippen molar-refractivity contribution in [3.05, 3.63) is 16.4 Å². The highest BCUT2D eigenvalue weighted by molar-refractivity contribution is 9.10. The molecule has 104 valence electrons. The van der Waals surface area contributed by atoms with Crippen LogP contribution < -0.4 is 0 Å². The Bertz CT molecular complexity index is 393. The van der Waals surface area contributed by atoms with Gasteiger partial charge in [0, 0.05) is 6.04 Å². The van der Waals surface area contributed by atoms with Crippen molar-refractivity contribution in [3.63, 3.8) is 0 Å². The lowest BCUT2D eigenvalue weighted by Crippen LogP contribution is -2.21. The van der Waals surface area contributed by atoms with E-state index in [0.717, 1.165) is 0 Å². The SMILES string of the molecule is CC(C)n1ncc(Br)c1C(O)COCC(F)(F)F. The molecular weight excluding hydrogens is 317 g/mol. The maximum atomic E-state index is 11.9. The highest BCUT2D eigenvalue weighted by Crippen LogP contribution is 2.26. The van der Waals surface area contributed by atoms with Crippen molar-refractivity contribution in [2.24, 2.45) is 0 Å². The van der Waals surface area contributed by atoms with Gasteiger partial charge in [0.05, 0.1) is 23.0 Å². The van der Waals surface area contributed by atoms with Crippen LogP contribution in [-0.2, 0) is 4.74 Å². The molecule has 0 aliphatic carbocycles. The molecule has 1 atom stereocenters. The summed E-state index contributed by atoms with van der Waals surface area (Å²) < 4.78 is 42.2. The van der Waals surface area contributed by atoms with Gasteiger partial charge in [-0.25, -0.2) is 0 Å². The van der Waals surface area contributed by atoms with Crippen LogP contribution in [0, 0.1) is 0 Å². The number of ether oxygens (including phenoxy) is 1. The standard InChI is InChI=1S/C10H14BrF3N2O2/c1-6(2)16-9(7(11)3-15-16)8(17)4-18-5-10(12,13)14/h3,6,8,17H,4-5H2,1-2H3. The van der Waals surface area contributed by atoms with Gasteiger partial charge in [-0.05, 0) is 29.8 Å². The first-order valence-corrected chi connectivity index (χ1v) is 6.07. The average Bonchev–Trinajstić information content (AvgIpc) is 2.58. The van der Waals surface area contributed by atoms with E-state index in [-0.39, 0.29) is 6.04 Å². The van der Waals surface area contributed by atoms with Crippen molar-refractivity contribution in [1.29, 1.82) is 0 Å². The Hall–Kier alpha value is -0.600. The lowest BCUT2D eigenvalue weighted by Gasteiger charge is -2.17. The maximum Gasteiger partial charge on any atom is 0.411 e. The van der Waals surface area contributed by atoms with Crippen molar-refractivity contribution in [3.8, 4) is 0 Å². The molecule has 0 bridgehead atoms. The first-order valence-electron chi connectivity index (χ1n) is 5.28. The zero-order chi connectivity index (χ0) is 13.9. The monoisotopic (exact) mass is 330 g/mol. The number of aromatic nitrogens is 2. The molecule has 0 aromatic carbocycles. The number of aliphatic hydroxyl groups excluding tert-OH is 1. The smallest absolute Gasteiger partial charge is 0.384 e. The van der Waals surface area contributed by atoms with E-state index in [1.165, 1.54) is 10.9 Å². The first kappa shape index (κ1) is 15.5. The molecule has 0 spiro atoms. The normalized spacial score (nSPS) is 14.2. The van der Waals surface area contributed by atoms with Crippen LogP contribution in [0.15, 0.2) is 10.7 Å². The van der Waals surface area contributed by atoms with Gasteiger partial charge in [-0.15, -0.1) is 0 Å². The predicted octanol–water partition coefficient (Wildman–Crippen LogP) is 2.84. The van der Waals surface area contributed by atoms with Gasteiger partial charge in [0.1, 0.15) is 12.7 Å². The summed E-state index contributed by atoms with van der Waals surface area (Å²) in [6.45, 7) is 1.90. The van der Waals surface area contributed by atoms with Gasteiger partial charge in [0.15, 0.2) is 0 Å². The molecule has 1 aromatic rings. The molecule has 1 N–H and O–H groups in total. The number of halogens is 4. The minimum absolute atomic E-state index is 0.0106. The van der Waals surface area contributed by atoms with E-state index in [2.05, 4.69) is 25.8 Å². The average molecular weight is 331 g/mol. The van der Waals surface area contributed by atoms with E-state index in [1.54, 1.807) is 0 Å². The number of alkyl halides is 3. The van der Waals surface area contributed by atoms with Crippen molar-refractivity contribution in [1.82, 2.24) is 9.78 Å². The van der Waals surface area contributed by atoms with Crippen LogP contribution in [0.4, 0.5) is 13.2 Å². The Labute approximate surface area is 111 Å². The molecule has 1 rings (SSSR count). The largest absolute Gasteiger partial charge is 0.411 e. The van der Waals surface area contributed by atoms with Gasteiger partial charge >= 0.3 is 6.18 Å². The van der Waals surface area contributed by atoms with E-state index in [0.29, 0.717) is 10.2 Å². The molecule has 0 aliphatic rings. The third-order valence-electron chi connectivity index (χ3n) is 2.13. The fraction of sp³-hybridized carbons (Fsp3) is 0.700. The van der Waals surface area contributed by atoms with Crippen LogP contribution in [0.2, 0.25) is 0 Å². The molecule has 0 saturated heterocycles. The second-order valence-corrected chi connectivity index (χ2v) is 4.92. The van der Waals surface area contributed by atoms with Crippen LogP contribution in [0.5, 0.6) is 0 Å². The molecule has 1 aromatic heterocycles. The van der Waals surface area contributed by atoms with Crippen molar-refractivity contribution in [2.75, 3.05) is 13.2 Å². The molecule has 1 heterocycles. The molecule has 0 saturated carbocycles. The summed E-state index contributed by atoms with van der Waals surface area (Å²) in [5.74, 6) is 0. The van der Waals surface area contributed by atoms with Crippen LogP contribution in [0.25, 0.3) is 0 Å². The highest BCUT2D eigenvalue weighted by Gasteiger charge is 2.28. The van der Waals surface area contributed by atoms with Crippen molar-refractivity contribution in [2.45, 2.75) is 32.2 Å². The van der Waals surface area contributed by atoms with Gasteiger partial charge in [0.2, 0.25) is 0 Å². The maximum absolute atomic E-state index is 11.9. The fourth-order valence-electron chi connectivity index (χ4n) is 1.44. The van der Waals surface area contributed by atoms with Crippen molar-refractivity contribution < 1.29 is 23.0 Å². The summed E-state index contributed by atoms with van der Waals surface area (Å²) in [4.78, 5) is 0. The van der Waals surface area contributed by atoms with E-state index < -0.39 is 25.5 Å².